The van der Waals surface area contributed by atoms with E-state index in [1.165, 1.54) is 13.2 Å². The molecule has 2 aliphatic rings. The Morgan fingerprint density at radius 1 is 0.913 bits per heavy atom. The Labute approximate surface area is 266 Å². The molecule has 0 aliphatic carbocycles. The number of likely N-dealkylation sites (tertiary alicyclic amines) is 1. The van der Waals surface area contributed by atoms with Crippen LogP contribution in [0.25, 0.3) is 11.4 Å². The number of hydrogen-bond acceptors (Lipinski definition) is 7. The summed E-state index contributed by atoms with van der Waals surface area (Å²) in [5.74, 6) is -0.842. The van der Waals surface area contributed by atoms with E-state index in [1.807, 2.05) is 46.0 Å². The molecule has 11 heteroatoms. The largest absolute Gasteiger partial charge is 0.497 e. The Hall–Kier alpha value is -5.06. The van der Waals surface area contributed by atoms with E-state index in [4.69, 9.17) is 9.47 Å². The molecular formula is C35H35F2N5O4. The maximum atomic E-state index is 14.9. The van der Waals surface area contributed by atoms with Gasteiger partial charge in [-0.3, -0.25) is 9.59 Å². The number of hydrogen-bond donors (Lipinski definition) is 1. The second-order valence-corrected chi connectivity index (χ2v) is 12.5. The topological polar surface area (TPSA) is 96.9 Å². The molecule has 9 nitrogen and oxygen atoms in total. The van der Waals surface area contributed by atoms with E-state index in [0.29, 0.717) is 29.3 Å². The van der Waals surface area contributed by atoms with Gasteiger partial charge in [0, 0.05) is 29.9 Å². The molecule has 1 N–H and O–H groups in total. The summed E-state index contributed by atoms with van der Waals surface area (Å²) in [5.41, 5.74) is 1.36. The number of rotatable bonds is 8. The lowest BCUT2D eigenvalue weighted by Gasteiger charge is -2.26. The highest BCUT2D eigenvalue weighted by molar-refractivity contribution is 6.03. The number of nitrogens with one attached hydrogen (secondary N) is 1. The number of anilines is 2. The summed E-state index contributed by atoms with van der Waals surface area (Å²) >= 11 is 0. The lowest BCUT2D eigenvalue weighted by molar-refractivity contribution is -0.132. The van der Waals surface area contributed by atoms with Crippen LogP contribution in [0.3, 0.4) is 0 Å². The molecule has 0 saturated carbocycles. The number of fused-ring (bicyclic) bond motifs is 1. The van der Waals surface area contributed by atoms with Crippen molar-refractivity contribution in [2.24, 2.45) is 0 Å². The summed E-state index contributed by atoms with van der Waals surface area (Å²) in [6, 6.07) is 16.2. The average Bonchev–Trinajstić information content (AvgIpc) is 3.42. The van der Waals surface area contributed by atoms with Crippen LogP contribution in [0, 0.1) is 11.6 Å². The number of nitrogens with zero attached hydrogens (tertiary/aromatic N) is 4. The van der Waals surface area contributed by atoms with Gasteiger partial charge in [0.15, 0.2) is 5.82 Å². The zero-order valence-corrected chi connectivity index (χ0v) is 26.6. The summed E-state index contributed by atoms with van der Waals surface area (Å²) in [6.07, 6.45) is 0.655. The Bertz CT molecular complexity index is 1840. The van der Waals surface area contributed by atoms with Crippen molar-refractivity contribution >= 4 is 23.3 Å². The number of carbonyl (C=O) groups is 2. The van der Waals surface area contributed by atoms with Crippen molar-refractivity contribution in [2.45, 2.75) is 51.2 Å². The lowest BCUT2D eigenvalue weighted by atomic mass is 9.77. The fraction of sp³-hybridized carbons (Fsp3) is 0.314. The van der Waals surface area contributed by atoms with Crippen molar-refractivity contribution < 1.29 is 27.8 Å². The number of likely N-dealkylation sites (N-methyl/N-ethyl adjacent to an activating group) is 1. The lowest BCUT2D eigenvalue weighted by Crippen LogP contribution is -2.38. The van der Waals surface area contributed by atoms with E-state index in [1.54, 1.807) is 41.2 Å². The van der Waals surface area contributed by atoms with E-state index in [-0.39, 0.29) is 53.2 Å². The molecule has 2 amide bonds. The molecule has 3 aromatic carbocycles. The maximum Gasteiger partial charge on any atom is 0.260 e. The van der Waals surface area contributed by atoms with Crippen LogP contribution < -0.4 is 14.8 Å². The number of amides is 2. The van der Waals surface area contributed by atoms with Crippen molar-refractivity contribution in [1.82, 2.24) is 19.8 Å². The minimum absolute atomic E-state index is 0.0440. The third kappa shape index (κ3) is 5.19. The van der Waals surface area contributed by atoms with Gasteiger partial charge in [0.1, 0.15) is 34.5 Å². The van der Waals surface area contributed by atoms with Gasteiger partial charge in [-0.1, -0.05) is 18.2 Å². The number of benzene rings is 3. The quantitative estimate of drug-likeness (QED) is 0.247. The minimum atomic E-state index is -0.818. The summed E-state index contributed by atoms with van der Waals surface area (Å²) in [6.45, 7) is 6.32. The highest BCUT2D eigenvalue weighted by Crippen LogP contribution is 2.44. The molecule has 0 bridgehead atoms. The van der Waals surface area contributed by atoms with Crippen molar-refractivity contribution in [3.63, 3.8) is 0 Å². The predicted octanol–water partition coefficient (Wildman–Crippen LogP) is 6.24. The Kier molecular flexibility index (Phi) is 7.66. The van der Waals surface area contributed by atoms with Gasteiger partial charge < -0.3 is 24.6 Å². The molecule has 1 aromatic heterocycles. The summed E-state index contributed by atoms with van der Waals surface area (Å²) in [4.78, 5) is 39.4. The van der Waals surface area contributed by atoms with Crippen LogP contribution in [-0.2, 0) is 23.3 Å². The number of carbonyl (C=O) groups excluding carboxylic acids is 2. The van der Waals surface area contributed by atoms with Crippen LogP contribution in [0.5, 0.6) is 11.5 Å². The van der Waals surface area contributed by atoms with Gasteiger partial charge in [-0.15, -0.1) is 0 Å². The fourth-order valence-corrected chi connectivity index (χ4v) is 6.47. The van der Waals surface area contributed by atoms with E-state index in [2.05, 4.69) is 15.3 Å². The van der Waals surface area contributed by atoms with Gasteiger partial charge in [-0.05, 0) is 69.2 Å². The normalized spacial score (nSPS) is 18.6. The fourth-order valence-electron chi connectivity index (χ4n) is 6.47. The van der Waals surface area contributed by atoms with Gasteiger partial charge in [-0.25, -0.2) is 18.7 Å². The molecule has 4 aromatic rings. The summed E-state index contributed by atoms with van der Waals surface area (Å²) in [7, 11) is 4.91. The molecule has 1 saturated heterocycles. The number of aromatic nitrogens is 2. The summed E-state index contributed by atoms with van der Waals surface area (Å²) in [5, 5.41) is 3.19. The summed E-state index contributed by atoms with van der Waals surface area (Å²) < 4.78 is 40.6. The smallest absolute Gasteiger partial charge is 0.260 e. The van der Waals surface area contributed by atoms with Gasteiger partial charge in [-0.2, -0.15) is 0 Å². The monoisotopic (exact) mass is 627 g/mol. The Morgan fingerprint density at radius 3 is 2.22 bits per heavy atom. The molecule has 238 valence electrons. The zero-order chi connectivity index (χ0) is 33.0. The van der Waals surface area contributed by atoms with Crippen molar-refractivity contribution in [3.8, 4) is 22.9 Å². The standard InChI is InChI=1S/C35H35F2N5O4/c1-34(2)19-35(3,33(44)41(34)4)21-11-13-22(14-12-21)38-31-29-26(39-30(40-31)28-24(36)8-7-9-25(28)37)18-42(32(29)43)17-20-10-15-23(45-5)16-27(20)46-6/h7-16H,17-19H2,1-6H3,(H,38,39,40)/t35-/m1/s1. The first kappa shape index (κ1) is 30.9. The van der Waals surface area contributed by atoms with Gasteiger partial charge in [0.25, 0.3) is 5.91 Å². The molecule has 1 atom stereocenters. The molecule has 46 heavy (non-hydrogen) atoms. The molecular weight excluding hydrogens is 592 g/mol. The van der Waals surface area contributed by atoms with E-state index < -0.39 is 17.0 Å². The average molecular weight is 628 g/mol. The van der Waals surface area contributed by atoms with Crippen molar-refractivity contribution in [1.29, 1.82) is 0 Å². The molecule has 3 heterocycles. The van der Waals surface area contributed by atoms with Gasteiger partial charge in [0.05, 0.1) is 44.0 Å². The number of halogens is 2. The molecule has 0 radical (unpaired) electrons. The predicted molar refractivity (Wildman–Crippen MR) is 169 cm³/mol. The van der Waals surface area contributed by atoms with Gasteiger partial charge >= 0.3 is 0 Å². The van der Waals surface area contributed by atoms with E-state index in [9.17, 15) is 18.4 Å². The maximum absolute atomic E-state index is 14.9. The van der Waals surface area contributed by atoms with Crippen molar-refractivity contribution in [3.05, 3.63) is 94.7 Å². The van der Waals surface area contributed by atoms with Gasteiger partial charge in [0.2, 0.25) is 5.91 Å². The highest BCUT2D eigenvalue weighted by Gasteiger charge is 2.51. The van der Waals surface area contributed by atoms with Crippen LogP contribution in [-0.4, -0.2) is 58.4 Å². The number of ether oxygens (including phenoxy) is 2. The third-order valence-electron chi connectivity index (χ3n) is 9.12. The molecule has 6 rings (SSSR count). The molecule has 1 fully saturated rings. The first-order chi connectivity index (χ1) is 21.9. The number of methoxy groups -OCH3 is 2. The first-order valence-electron chi connectivity index (χ1n) is 14.9. The van der Waals surface area contributed by atoms with Crippen LogP contribution >= 0.6 is 0 Å². The second-order valence-electron chi connectivity index (χ2n) is 12.5. The third-order valence-corrected chi connectivity index (χ3v) is 9.12. The highest BCUT2D eigenvalue weighted by atomic mass is 19.1. The first-order valence-corrected chi connectivity index (χ1v) is 14.9. The molecule has 0 spiro atoms. The van der Waals surface area contributed by atoms with E-state index in [0.717, 1.165) is 23.3 Å². The van der Waals surface area contributed by atoms with Crippen LogP contribution in [0.2, 0.25) is 0 Å². The second kappa shape index (κ2) is 11.4. The Morgan fingerprint density at radius 2 is 1.61 bits per heavy atom. The van der Waals surface area contributed by atoms with Crippen molar-refractivity contribution in [2.75, 3.05) is 26.6 Å². The Balaban J connectivity index is 1.37. The molecule has 2 aliphatic heterocycles. The SMILES string of the molecule is COc1ccc(CN2Cc3nc(-c4c(F)cccc4F)nc(Nc4ccc([C@@]5(C)CC(C)(C)N(C)C5=O)cc4)c3C2=O)c(OC)c1. The van der Waals surface area contributed by atoms with Crippen LogP contribution in [0.15, 0.2) is 60.7 Å². The zero-order valence-electron chi connectivity index (χ0n) is 26.6. The molecule has 0 unspecified atom stereocenters. The van der Waals surface area contributed by atoms with E-state index >= 15 is 0 Å². The van der Waals surface area contributed by atoms with Crippen LogP contribution in [0.4, 0.5) is 20.3 Å². The minimum Gasteiger partial charge on any atom is -0.497 e. The van der Waals surface area contributed by atoms with Crippen LogP contribution in [0.1, 0.15) is 54.4 Å².